The van der Waals surface area contributed by atoms with Crippen molar-refractivity contribution in [2.45, 2.75) is 25.3 Å². The number of aromatic nitrogens is 3. The monoisotopic (exact) mass is 392 g/mol. The fourth-order valence-corrected chi connectivity index (χ4v) is 3.41. The summed E-state index contributed by atoms with van der Waals surface area (Å²) in [4.78, 5) is 25.5. The Kier molecular flexibility index (Phi) is 4.31. The molecule has 148 valence electrons. The number of benzene rings is 2. The molecule has 0 atom stereocenters. The first-order valence-electron chi connectivity index (χ1n) is 9.64. The predicted octanol–water partition coefficient (Wildman–Crippen LogP) is 2.32. The summed E-state index contributed by atoms with van der Waals surface area (Å²) in [5.41, 5.74) is 1.03. The van der Waals surface area contributed by atoms with Gasteiger partial charge in [-0.05, 0) is 37.1 Å². The number of hydrogen-bond donors (Lipinski definition) is 1. The molecule has 3 aromatic rings. The molecule has 5 rings (SSSR count). The molecule has 1 N–H and O–H groups in total. The van der Waals surface area contributed by atoms with E-state index in [0.717, 1.165) is 18.5 Å². The van der Waals surface area contributed by atoms with Crippen LogP contribution < -0.4 is 20.5 Å². The number of amides is 1. The molecule has 1 amide bonds. The second kappa shape index (κ2) is 7.12. The fraction of sp³-hybridized carbons (Fsp3) is 0.286. The van der Waals surface area contributed by atoms with E-state index in [0.29, 0.717) is 36.2 Å². The summed E-state index contributed by atoms with van der Waals surface area (Å²) >= 11 is 0. The quantitative estimate of drug-likeness (QED) is 0.720. The van der Waals surface area contributed by atoms with Gasteiger partial charge in [0, 0.05) is 17.7 Å². The molecule has 29 heavy (non-hydrogen) atoms. The first kappa shape index (κ1) is 17.5. The minimum Gasteiger partial charge on any atom is -0.486 e. The van der Waals surface area contributed by atoms with Crippen molar-refractivity contribution < 1.29 is 14.3 Å². The van der Waals surface area contributed by atoms with Crippen LogP contribution in [-0.4, -0.2) is 33.5 Å². The van der Waals surface area contributed by atoms with Crippen molar-refractivity contribution in [2.24, 2.45) is 0 Å². The number of anilines is 1. The minimum atomic E-state index is -0.330. The largest absolute Gasteiger partial charge is 0.486 e. The van der Waals surface area contributed by atoms with Crippen molar-refractivity contribution >= 4 is 11.6 Å². The zero-order valence-electron chi connectivity index (χ0n) is 15.7. The highest BCUT2D eigenvalue weighted by molar-refractivity contribution is 5.90. The van der Waals surface area contributed by atoms with Gasteiger partial charge < -0.3 is 14.8 Å². The average molecular weight is 392 g/mol. The number of hydrogen-bond acceptors (Lipinski definition) is 5. The average Bonchev–Trinajstić information content (AvgIpc) is 3.53. The molecule has 1 aliphatic heterocycles. The van der Waals surface area contributed by atoms with Gasteiger partial charge in [-0.1, -0.05) is 18.2 Å². The summed E-state index contributed by atoms with van der Waals surface area (Å²) < 4.78 is 13.9. The van der Waals surface area contributed by atoms with Crippen LogP contribution in [0.1, 0.15) is 24.6 Å². The Morgan fingerprint density at radius 2 is 1.83 bits per heavy atom. The summed E-state index contributed by atoms with van der Waals surface area (Å²) in [6, 6.07) is 14.6. The molecule has 8 heteroatoms. The van der Waals surface area contributed by atoms with Crippen molar-refractivity contribution in [3.8, 4) is 17.2 Å². The van der Waals surface area contributed by atoms with E-state index in [-0.39, 0.29) is 24.1 Å². The minimum absolute atomic E-state index is 0.160. The standard InChI is InChI=1S/C21H20N4O4/c26-19(22-15-8-9-17-18(12-15)29-11-10-28-17)13-24-21(27)25(16-4-2-1-3-5-16)20(23-24)14-6-7-14/h1-5,8-9,12,14H,6-7,10-11,13H2,(H,22,26). The Labute approximate surface area is 166 Å². The third-order valence-electron chi connectivity index (χ3n) is 4.94. The van der Waals surface area contributed by atoms with Crippen LogP contribution in [0.2, 0.25) is 0 Å². The molecule has 1 aromatic heterocycles. The van der Waals surface area contributed by atoms with Crippen molar-refractivity contribution in [3.05, 3.63) is 64.8 Å². The van der Waals surface area contributed by atoms with Crippen molar-refractivity contribution in [3.63, 3.8) is 0 Å². The van der Waals surface area contributed by atoms with E-state index in [1.54, 1.807) is 22.8 Å². The van der Waals surface area contributed by atoms with Gasteiger partial charge in [-0.25, -0.2) is 14.0 Å². The summed E-state index contributed by atoms with van der Waals surface area (Å²) in [6.45, 7) is 0.822. The summed E-state index contributed by atoms with van der Waals surface area (Å²) in [6.07, 6.45) is 2.01. The van der Waals surface area contributed by atoms with Crippen molar-refractivity contribution in [1.82, 2.24) is 14.3 Å². The maximum absolute atomic E-state index is 12.9. The van der Waals surface area contributed by atoms with Gasteiger partial charge in [0.05, 0.1) is 5.69 Å². The van der Waals surface area contributed by atoms with Crippen LogP contribution in [0.3, 0.4) is 0 Å². The number of para-hydroxylation sites is 1. The van der Waals surface area contributed by atoms with Crippen LogP contribution in [0, 0.1) is 0 Å². The van der Waals surface area contributed by atoms with E-state index >= 15 is 0 Å². The van der Waals surface area contributed by atoms with E-state index in [1.165, 1.54) is 4.68 Å². The molecule has 2 aromatic carbocycles. The lowest BCUT2D eigenvalue weighted by molar-refractivity contribution is -0.117. The van der Waals surface area contributed by atoms with Crippen LogP contribution in [-0.2, 0) is 11.3 Å². The Morgan fingerprint density at radius 1 is 1.07 bits per heavy atom. The summed E-state index contributed by atoms with van der Waals surface area (Å²) in [7, 11) is 0. The predicted molar refractivity (Wildman–Crippen MR) is 106 cm³/mol. The van der Waals surface area contributed by atoms with E-state index in [1.807, 2.05) is 30.3 Å². The normalized spacial score (nSPS) is 15.2. The topological polar surface area (TPSA) is 87.4 Å². The molecule has 8 nitrogen and oxygen atoms in total. The highest BCUT2D eigenvalue weighted by Crippen LogP contribution is 2.39. The molecule has 0 unspecified atom stereocenters. The van der Waals surface area contributed by atoms with Crippen molar-refractivity contribution in [1.29, 1.82) is 0 Å². The zero-order chi connectivity index (χ0) is 19.8. The van der Waals surface area contributed by atoms with Gasteiger partial charge in [0.15, 0.2) is 11.5 Å². The van der Waals surface area contributed by atoms with E-state index in [9.17, 15) is 9.59 Å². The van der Waals surface area contributed by atoms with Gasteiger partial charge in [0.1, 0.15) is 25.6 Å². The summed E-state index contributed by atoms with van der Waals surface area (Å²) in [5, 5.41) is 7.26. The Bertz CT molecular complexity index is 1120. The second-order valence-corrected chi connectivity index (χ2v) is 7.15. The molecule has 1 fully saturated rings. The van der Waals surface area contributed by atoms with Gasteiger partial charge >= 0.3 is 5.69 Å². The Hall–Kier alpha value is -3.55. The molecular formula is C21H20N4O4. The first-order valence-corrected chi connectivity index (χ1v) is 9.64. The van der Waals surface area contributed by atoms with Gasteiger partial charge in [-0.2, -0.15) is 5.10 Å². The van der Waals surface area contributed by atoms with E-state index in [4.69, 9.17) is 9.47 Å². The third-order valence-corrected chi connectivity index (χ3v) is 4.94. The first-order chi connectivity index (χ1) is 14.2. The third kappa shape index (κ3) is 3.49. The molecule has 0 saturated heterocycles. The lowest BCUT2D eigenvalue weighted by Crippen LogP contribution is -2.29. The molecule has 2 heterocycles. The van der Waals surface area contributed by atoms with Gasteiger partial charge in [0.2, 0.25) is 5.91 Å². The number of carbonyl (C=O) groups is 1. The highest BCUT2D eigenvalue weighted by Gasteiger charge is 2.31. The number of carbonyl (C=O) groups excluding carboxylic acids is 1. The maximum atomic E-state index is 12.9. The molecule has 0 spiro atoms. The van der Waals surface area contributed by atoms with Crippen LogP contribution in [0.15, 0.2) is 53.3 Å². The molecule has 1 saturated carbocycles. The highest BCUT2D eigenvalue weighted by atomic mass is 16.6. The van der Waals surface area contributed by atoms with Gasteiger partial charge in [-0.3, -0.25) is 4.79 Å². The fourth-order valence-electron chi connectivity index (χ4n) is 3.41. The van der Waals surface area contributed by atoms with Crippen molar-refractivity contribution in [2.75, 3.05) is 18.5 Å². The number of nitrogens with zero attached hydrogens (tertiary/aromatic N) is 3. The van der Waals surface area contributed by atoms with Crippen LogP contribution >= 0.6 is 0 Å². The Balaban J connectivity index is 1.38. The van der Waals surface area contributed by atoms with Crippen LogP contribution in [0.25, 0.3) is 5.69 Å². The smallest absolute Gasteiger partial charge is 0.351 e. The maximum Gasteiger partial charge on any atom is 0.351 e. The van der Waals surface area contributed by atoms with Gasteiger partial charge in [0.25, 0.3) is 0 Å². The second-order valence-electron chi connectivity index (χ2n) is 7.15. The molecule has 2 aliphatic rings. The van der Waals surface area contributed by atoms with E-state index < -0.39 is 0 Å². The number of ether oxygens (including phenoxy) is 2. The molecule has 0 radical (unpaired) electrons. The van der Waals surface area contributed by atoms with Gasteiger partial charge in [-0.15, -0.1) is 0 Å². The van der Waals surface area contributed by atoms with E-state index in [2.05, 4.69) is 10.4 Å². The number of fused-ring (bicyclic) bond motifs is 1. The Morgan fingerprint density at radius 3 is 2.59 bits per heavy atom. The SMILES string of the molecule is O=C(Cn1nc(C2CC2)n(-c2ccccc2)c1=O)Nc1ccc2c(c1)OCCO2. The summed E-state index contributed by atoms with van der Waals surface area (Å²) in [5.74, 6) is 1.90. The molecular weight excluding hydrogens is 372 g/mol. The number of rotatable bonds is 5. The number of nitrogens with one attached hydrogen (secondary N) is 1. The van der Waals surface area contributed by atoms with Crippen LogP contribution in [0.5, 0.6) is 11.5 Å². The molecule has 1 aliphatic carbocycles. The lowest BCUT2D eigenvalue weighted by Gasteiger charge is -2.18. The molecule has 0 bridgehead atoms. The van der Waals surface area contributed by atoms with Crippen LogP contribution in [0.4, 0.5) is 5.69 Å². The zero-order valence-corrected chi connectivity index (χ0v) is 15.7. The lowest BCUT2D eigenvalue weighted by atomic mass is 10.2.